The van der Waals surface area contributed by atoms with Crippen LogP contribution in [0.2, 0.25) is 5.02 Å². The summed E-state index contributed by atoms with van der Waals surface area (Å²) in [7, 11) is -2.08. The molecule has 0 unspecified atom stereocenters. The second kappa shape index (κ2) is 6.95. The van der Waals surface area contributed by atoms with Gasteiger partial charge in [0.25, 0.3) is 0 Å². The van der Waals surface area contributed by atoms with Crippen LogP contribution in [0, 0.1) is 0 Å². The third-order valence-electron chi connectivity index (χ3n) is 4.08. The van der Waals surface area contributed by atoms with E-state index in [9.17, 15) is 8.42 Å². The molecule has 130 valence electrons. The minimum absolute atomic E-state index is 0.175. The summed E-state index contributed by atoms with van der Waals surface area (Å²) in [6.45, 7) is 1.84. The molecule has 0 fully saturated rings. The molecule has 0 bridgehead atoms. The standard InChI is InChI=1S/C17H17ClN4O2S/c1-13(14-6-8-16(9-7-14)22-12-19-11-20-22)21(2)25(23,24)17-5-3-4-15(18)10-17/h3-13H,1-2H3/t13-/m1/s1. The van der Waals surface area contributed by atoms with Gasteiger partial charge in [-0.15, -0.1) is 0 Å². The normalized spacial score (nSPS) is 13.1. The van der Waals surface area contributed by atoms with Gasteiger partial charge in [-0.3, -0.25) is 0 Å². The van der Waals surface area contributed by atoms with Crippen molar-refractivity contribution in [1.82, 2.24) is 19.1 Å². The summed E-state index contributed by atoms with van der Waals surface area (Å²) in [5.74, 6) is 0. The van der Waals surface area contributed by atoms with Gasteiger partial charge < -0.3 is 0 Å². The summed E-state index contributed by atoms with van der Waals surface area (Å²) < 4.78 is 28.6. The predicted octanol–water partition coefficient (Wildman–Crippen LogP) is 3.30. The van der Waals surface area contributed by atoms with Crippen LogP contribution in [-0.2, 0) is 10.0 Å². The van der Waals surface area contributed by atoms with Gasteiger partial charge in [-0.05, 0) is 42.8 Å². The number of benzene rings is 2. The lowest BCUT2D eigenvalue weighted by atomic mass is 10.1. The smallest absolute Gasteiger partial charge is 0.223 e. The fourth-order valence-electron chi connectivity index (χ4n) is 2.46. The minimum Gasteiger partial charge on any atom is -0.223 e. The third kappa shape index (κ3) is 3.58. The highest BCUT2D eigenvalue weighted by atomic mass is 35.5. The Morgan fingerprint density at radius 2 is 1.88 bits per heavy atom. The van der Waals surface area contributed by atoms with Crippen LogP contribution < -0.4 is 0 Å². The van der Waals surface area contributed by atoms with E-state index < -0.39 is 10.0 Å². The Kier molecular flexibility index (Phi) is 4.89. The zero-order chi connectivity index (χ0) is 18.0. The molecule has 3 rings (SSSR count). The maximum atomic E-state index is 12.8. The van der Waals surface area contributed by atoms with Gasteiger partial charge in [0.1, 0.15) is 12.7 Å². The molecule has 0 aliphatic rings. The maximum absolute atomic E-state index is 12.8. The molecule has 0 amide bonds. The van der Waals surface area contributed by atoms with E-state index >= 15 is 0 Å². The highest BCUT2D eigenvalue weighted by Crippen LogP contribution is 2.27. The number of halogens is 1. The first kappa shape index (κ1) is 17.6. The predicted molar refractivity (Wildman–Crippen MR) is 96.2 cm³/mol. The van der Waals surface area contributed by atoms with E-state index in [4.69, 9.17) is 11.6 Å². The molecule has 1 atom stereocenters. The number of hydrogen-bond donors (Lipinski definition) is 0. The van der Waals surface area contributed by atoms with Crippen molar-refractivity contribution in [2.45, 2.75) is 17.9 Å². The van der Waals surface area contributed by atoms with Gasteiger partial charge >= 0.3 is 0 Å². The fraction of sp³-hybridized carbons (Fsp3) is 0.176. The second-order valence-electron chi connectivity index (χ2n) is 5.59. The van der Waals surface area contributed by atoms with Gasteiger partial charge in [0.05, 0.1) is 10.6 Å². The molecule has 2 aromatic carbocycles. The lowest BCUT2D eigenvalue weighted by Gasteiger charge is -2.25. The summed E-state index contributed by atoms with van der Waals surface area (Å²) in [4.78, 5) is 4.09. The molecule has 3 aromatic rings. The molecule has 6 nitrogen and oxygen atoms in total. The molecule has 0 N–H and O–H groups in total. The molecule has 25 heavy (non-hydrogen) atoms. The number of aromatic nitrogens is 3. The van der Waals surface area contributed by atoms with Crippen LogP contribution >= 0.6 is 11.6 Å². The Balaban J connectivity index is 1.85. The summed E-state index contributed by atoms with van der Waals surface area (Å²) in [6, 6.07) is 13.4. The van der Waals surface area contributed by atoms with Gasteiger partial charge in [-0.1, -0.05) is 29.8 Å². The molecular formula is C17H17ClN4O2S. The summed E-state index contributed by atoms with van der Waals surface area (Å²) >= 11 is 5.92. The molecular weight excluding hydrogens is 360 g/mol. The Morgan fingerprint density at radius 3 is 2.48 bits per heavy atom. The molecule has 0 aliphatic carbocycles. The van der Waals surface area contributed by atoms with Crippen LogP contribution in [-0.4, -0.2) is 34.5 Å². The first-order chi connectivity index (χ1) is 11.9. The van der Waals surface area contributed by atoms with Crippen molar-refractivity contribution in [1.29, 1.82) is 0 Å². The van der Waals surface area contributed by atoms with E-state index in [1.165, 1.54) is 22.8 Å². The zero-order valence-corrected chi connectivity index (χ0v) is 15.3. The third-order valence-corrected chi connectivity index (χ3v) is 6.24. The Labute approximate surface area is 151 Å². The van der Waals surface area contributed by atoms with E-state index in [0.717, 1.165) is 11.3 Å². The topological polar surface area (TPSA) is 68.1 Å². The van der Waals surface area contributed by atoms with E-state index in [0.29, 0.717) is 5.02 Å². The van der Waals surface area contributed by atoms with Gasteiger partial charge in [0, 0.05) is 18.1 Å². The lowest BCUT2D eigenvalue weighted by Crippen LogP contribution is -2.29. The van der Waals surface area contributed by atoms with Crippen molar-refractivity contribution >= 4 is 21.6 Å². The number of nitrogens with zero attached hydrogens (tertiary/aromatic N) is 4. The van der Waals surface area contributed by atoms with Gasteiger partial charge in [0.2, 0.25) is 10.0 Å². The average molecular weight is 377 g/mol. The van der Waals surface area contributed by atoms with Crippen molar-refractivity contribution < 1.29 is 8.42 Å². The van der Waals surface area contributed by atoms with Crippen LogP contribution in [0.3, 0.4) is 0 Å². The van der Waals surface area contributed by atoms with E-state index in [1.54, 1.807) is 30.2 Å². The number of sulfonamides is 1. The Bertz CT molecular complexity index is 957. The first-order valence-electron chi connectivity index (χ1n) is 7.58. The van der Waals surface area contributed by atoms with E-state index in [-0.39, 0.29) is 10.9 Å². The molecule has 0 aliphatic heterocycles. The maximum Gasteiger partial charge on any atom is 0.243 e. The highest BCUT2D eigenvalue weighted by molar-refractivity contribution is 7.89. The molecule has 0 radical (unpaired) electrons. The summed E-state index contributed by atoms with van der Waals surface area (Å²) in [5.41, 5.74) is 1.73. The number of hydrogen-bond acceptors (Lipinski definition) is 4. The van der Waals surface area contributed by atoms with Crippen molar-refractivity contribution in [2.24, 2.45) is 0 Å². The minimum atomic E-state index is -3.64. The Morgan fingerprint density at radius 1 is 1.16 bits per heavy atom. The van der Waals surface area contributed by atoms with Crippen molar-refractivity contribution in [3.05, 3.63) is 71.8 Å². The SMILES string of the molecule is C[C@H](c1ccc(-n2cncn2)cc1)N(C)S(=O)(=O)c1cccc(Cl)c1. The lowest BCUT2D eigenvalue weighted by molar-refractivity contribution is 0.398. The van der Waals surface area contributed by atoms with Crippen LogP contribution in [0.4, 0.5) is 0 Å². The van der Waals surface area contributed by atoms with E-state index in [2.05, 4.69) is 10.1 Å². The van der Waals surface area contributed by atoms with Crippen molar-refractivity contribution in [3.8, 4) is 5.69 Å². The van der Waals surface area contributed by atoms with Crippen molar-refractivity contribution in [3.63, 3.8) is 0 Å². The average Bonchev–Trinajstić information content (AvgIpc) is 3.15. The van der Waals surface area contributed by atoms with Crippen LogP contribution in [0.25, 0.3) is 5.69 Å². The second-order valence-corrected chi connectivity index (χ2v) is 8.02. The summed E-state index contributed by atoms with van der Waals surface area (Å²) in [6.07, 6.45) is 3.07. The van der Waals surface area contributed by atoms with Gasteiger partial charge in [0.15, 0.2) is 0 Å². The van der Waals surface area contributed by atoms with Gasteiger partial charge in [-0.25, -0.2) is 18.1 Å². The Hall–Kier alpha value is -2.22. The number of rotatable bonds is 5. The molecule has 1 aromatic heterocycles. The van der Waals surface area contributed by atoms with Crippen LogP contribution in [0.15, 0.2) is 66.1 Å². The zero-order valence-electron chi connectivity index (χ0n) is 13.7. The first-order valence-corrected chi connectivity index (χ1v) is 9.40. The molecule has 8 heteroatoms. The largest absolute Gasteiger partial charge is 0.243 e. The molecule has 0 saturated carbocycles. The van der Waals surface area contributed by atoms with Crippen molar-refractivity contribution in [2.75, 3.05) is 7.05 Å². The monoisotopic (exact) mass is 376 g/mol. The van der Waals surface area contributed by atoms with Crippen LogP contribution in [0.5, 0.6) is 0 Å². The molecule has 1 heterocycles. The van der Waals surface area contributed by atoms with Gasteiger partial charge in [-0.2, -0.15) is 9.40 Å². The molecule has 0 spiro atoms. The quantitative estimate of drug-likeness (QED) is 0.685. The highest BCUT2D eigenvalue weighted by Gasteiger charge is 2.26. The fourth-order valence-corrected chi connectivity index (χ4v) is 4.11. The van der Waals surface area contributed by atoms with Crippen LogP contribution in [0.1, 0.15) is 18.5 Å². The summed E-state index contributed by atoms with van der Waals surface area (Å²) in [5, 5.41) is 4.46. The molecule has 0 saturated heterocycles. The van der Waals surface area contributed by atoms with E-state index in [1.807, 2.05) is 31.2 Å².